The van der Waals surface area contributed by atoms with Crippen LogP contribution in [0.5, 0.6) is 0 Å². The molecule has 38 heavy (non-hydrogen) atoms. The SMILES string of the molecule is CCc1ccc2c3c1cc(C(=O)N[C@@H](Cc1cccc(Cl)c1)[C@H](O)CNC1CCCCC1)n3C(C)CSN2. The van der Waals surface area contributed by atoms with Gasteiger partial charge in [0.2, 0.25) is 0 Å². The number of amides is 1. The van der Waals surface area contributed by atoms with Gasteiger partial charge >= 0.3 is 0 Å². The van der Waals surface area contributed by atoms with Crippen molar-refractivity contribution in [1.82, 2.24) is 15.2 Å². The van der Waals surface area contributed by atoms with E-state index in [1.807, 2.05) is 30.3 Å². The van der Waals surface area contributed by atoms with Crippen molar-refractivity contribution in [2.75, 3.05) is 17.0 Å². The molecule has 1 amide bonds. The normalized spacial score (nSPS) is 19.5. The average Bonchev–Trinajstić information content (AvgIpc) is 3.25. The van der Waals surface area contributed by atoms with Crippen LogP contribution in [-0.4, -0.2) is 46.1 Å². The quantitative estimate of drug-likeness (QED) is 0.240. The lowest BCUT2D eigenvalue weighted by molar-refractivity contribution is 0.0812. The highest BCUT2D eigenvalue weighted by atomic mass is 35.5. The molecule has 2 heterocycles. The van der Waals surface area contributed by atoms with Gasteiger partial charge in [-0.2, -0.15) is 0 Å². The second-order valence-electron chi connectivity index (χ2n) is 10.8. The second-order valence-corrected chi connectivity index (χ2v) is 12.0. The van der Waals surface area contributed by atoms with Crippen molar-refractivity contribution in [1.29, 1.82) is 0 Å². The van der Waals surface area contributed by atoms with E-state index in [4.69, 9.17) is 11.6 Å². The summed E-state index contributed by atoms with van der Waals surface area (Å²) in [6, 6.07) is 14.1. The highest BCUT2D eigenvalue weighted by Crippen LogP contribution is 2.37. The molecule has 2 aliphatic rings. The Hall–Kier alpha value is -2.19. The number of aryl methyl sites for hydroxylation is 1. The lowest BCUT2D eigenvalue weighted by atomic mass is 9.95. The highest BCUT2D eigenvalue weighted by Gasteiger charge is 2.29. The molecule has 4 N–H and O–H groups in total. The van der Waals surface area contributed by atoms with Crippen LogP contribution in [0.15, 0.2) is 42.5 Å². The third-order valence-corrected chi connectivity index (χ3v) is 9.24. The number of rotatable bonds is 9. The number of aromatic nitrogens is 1. The number of carbonyl (C=O) groups is 1. The molecule has 1 aliphatic heterocycles. The number of benzene rings is 2. The number of aliphatic hydroxyl groups excluding tert-OH is 1. The van der Waals surface area contributed by atoms with Gasteiger partial charge in [-0.3, -0.25) is 4.79 Å². The first-order valence-electron chi connectivity index (χ1n) is 14.0. The summed E-state index contributed by atoms with van der Waals surface area (Å²) in [5, 5.41) is 19.9. The zero-order valence-corrected chi connectivity index (χ0v) is 23.9. The molecule has 0 saturated heterocycles. The van der Waals surface area contributed by atoms with E-state index in [-0.39, 0.29) is 11.9 Å². The maximum atomic E-state index is 13.9. The van der Waals surface area contributed by atoms with Crippen molar-refractivity contribution in [2.45, 2.75) is 83.0 Å². The number of halogens is 1. The zero-order chi connectivity index (χ0) is 26.6. The fourth-order valence-corrected chi connectivity index (χ4v) is 6.92. The van der Waals surface area contributed by atoms with E-state index in [0.29, 0.717) is 29.7 Å². The first kappa shape index (κ1) is 27.4. The monoisotopic (exact) mass is 554 g/mol. The predicted octanol–water partition coefficient (Wildman–Crippen LogP) is 6.12. The summed E-state index contributed by atoms with van der Waals surface area (Å²) in [5.41, 5.74) is 4.98. The van der Waals surface area contributed by atoms with Crippen LogP contribution < -0.4 is 15.4 Å². The molecule has 5 rings (SSSR count). The number of aliphatic hydroxyl groups is 1. The average molecular weight is 555 g/mol. The van der Waals surface area contributed by atoms with Crippen molar-refractivity contribution in [3.8, 4) is 0 Å². The van der Waals surface area contributed by atoms with Crippen molar-refractivity contribution in [2.24, 2.45) is 0 Å². The molecular weight excluding hydrogens is 516 g/mol. The van der Waals surface area contributed by atoms with Gasteiger partial charge in [0, 0.05) is 34.8 Å². The van der Waals surface area contributed by atoms with Gasteiger partial charge in [0.25, 0.3) is 5.91 Å². The first-order valence-corrected chi connectivity index (χ1v) is 15.3. The Morgan fingerprint density at radius 2 is 2.03 bits per heavy atom. The van der Waals surface area contributed by atoms with Crippen molar-refractivity contribution in [3.05, 3.63) is 64.3 Å². The van der Waals surface area contributed by atoms with Crippen LogP contribution in [0.25, 0.3) is 10.9 Å². The molecule has 3 aromatic rings. The van der Waals surface area contributed by atoms with Crippen LogP contribution in [0.2, 0.25) is 5.02 Å². The number of hydrogen-bond donors (Lipinski definition) is 4. The summed E-state index contributed by atoms with van der Waals surface area (Å²) >= 11 is 7.94. The molecule has 3 atom stereocenters. The number of anilines is 1. The van der Waals surface area contributed by atoms with Crippen LogP contribution >= 0.6 is 23.5 Å². The van der Waals surface area contributed by atoms with E-state index in [2.05, 4.69) is 45.9 Å². The van der Waals surface area contributed by atoms with Gasteiger partial charge in [0.1, 0.15) is 5.69 Å². The van der Waals surface area contributed by atoms with E-state index in [9.17, 15) is 9.90 Å². The summed E-state index contributed by atoms with van der Waals surface area (Å²) in [4.78, 5) is 13.9. The number of hydrogen-bond acceptors (Lipinski definition) is 5. The molecule has 0 radical (unpaired) electrons. The van der Waals surface area contributed by atoms with Crippen molar-refractivity contribution in [3.63, 3.8) is 0 Å². The summed E-state index contributed by atoms with van der Waals surface area (Å²) in [6.45, 7) is 4.75. The summed E-state index contributed by atoms with van der Waals surface area (Å²) in [6.07, 6.45) is 6.70. The minimum absolute atomic E-state index is 0.142. The lowest BCUT2D eigenvalue weighted by Crippen LogP contribution is -2.50. The van der Waals surface area contributed by atoms with E-state index >= 15 is 0 Å². The number of nitrogens with zero attached hydrogens (tertiary/aromatic N) is 1. The van der Waals surface area contributed by atoms with Gasteiger partial charge in [-0.25, -0.2) is 0 Å². The number of carbonyl (C=O) groups excluding carboxylic acids is 1. The fourth-order valence-electron chi connectivity index (χ4n) is 5.91. The van der Waals surface area contributed by atoms with E-state index in [1.165, 1.54) is 24.8 Å². The third kappa shape index (κ3) is 6.01. The van der Waals surface area contributed by atoms with Gasteiger partial charge in [0.05, 0.1) is 23.3 Å². The van der Waals surface area contributed by atoms with Crippen LogP contribution in [-0.2, 0) is 12.8 Å². The molecule has 1 fully saturated rings. The molecule has 1 saturated carbocycles. The zero-order valence-electron chi connectivity index (χ0n) is 22.3. The Morgan fingerprint density at radius 1 is 1.21 bits per heavy atom. The minimum atomic E-state index is -0.732. The van der Waals surface area contributed by atoms with Gasteiger partial charge in [-0.05, 0) is 68.0 Å². The van der Waals surface area contributed by atoms with Crippen LogP contribution in [0.4, 0.5) is 5.69 Å². The Balaban J connectivity index is 1.43. The Bertz CT molecular complexity index is 1270. The summed E-state index contributed by atoms with van der Waals surface area (Å²) in [5.74, 6) is 0.691. The van der Waals surface area contributed by atoms with Crippen LogP contribution in [0.3, 0.4) is 0 Å². The number of nitrogens with one attached hydrogen (secondary N) is 3. The molecule has 2 aromatic carbocycles. The molecule has 1 unspecified atom stereocenters. The van der Waals surface area contributed by atoms with Crippen molar-refractivity contribution < 1.29 is 9.90 Å². The van der Waals surface area contributed by atoms with Gasteiger partial charge < -0.3 is 25.0 Å². The Morgan fingerprint density at radius 3 is 2.79 bits per heavy atom. The maximum absolute atomic E-state index is 13.9. The molecule has 1 aromatic heterocycles. The highest BCUT2D eigenvalue weighted by molar-refractivity contribution is 8.00. The molecule has 0 bridgehead atoms. The van der Waals surface area contributed by atoms with Crippen molar-refractivity contribution >= 4 is 46.0 Å². The molecular formula is C30H39ClN4O2S. The fraction of sp³-hybridized carbons (Fsp3) is 0.500. The standard InChI is InChI=1S/C30H39ClN4O2S/c1-3-21-12-13-25-29-24(21)16-27(35(29)19(2)18-38-34-25)30(37)33-26(15-20-8-7-9-22(31)14-20)28(36)17-32-23-10-5-4-6-11-23/h7-9,12-14,16,19,23,26,28,32,34,36H,3-6,10-11,15,17-18H2,1-2H3,(H,33,37)/t19?,26-,28+/m0/s1. The van der Waals surface area contributed by atoms with E-state index in [0.717, 1.165) is 47.2 Å². The largest absolute Gasteiger partial charge is 0.390 e. The van der Waals surface area contributed by atoms with Gasteiger partial charge in [0.15, 0.2) is 0 Å². The lowest BCUT2D eigenvalue weighted by Gasteiger charge is -2.29. The topological polar surface area (TPSA) is 78.3 Å². The van der Waals surface area contributed by atoms with Crippen LogP contribution in [0, 0.1) is 0 Å². The van der Waals surface area contributed by atoms with E-state index < -0.39 is 12.1 Å². The second kappa shape index (κ2) is 12.3. The Labute approximate surface area is 235 Å². The van der Waals surface area contributed by atoms with Gasteiger partial charge in [-0.1, -0.05) is 67.9 Å². The summed E-state index contributed by atoms with van der Waals surface area (Å²) < 4.78 is 5.65. The minimum Gasteiger partial charge on any atom is -0.390 e. The molecule has 0 spiro atoms. The third-order valence-electron chi connectivity index (χ3n) is 8.00. The molecule has 1 aliphatic carbocycles. The van der Waals surface area contributed by atoms with Crippen LogP contribution in [0.1, 0.15) is 73.6 Å². The predicted molar refractivity (Wildman–Crippen MR) is 159 cm³/mol. The van der Waals surface area contributed by atoms with Gasteiger partial charge in [-0.15, -0.1) is 0 Å². The first-order chi connectivity index (χ1) is 18.4. The molecule has 8 heteroatoms. The summed E-state index contributed by atoms with van der Waals surface area (Å²) in [7, 11) is 0. The molecule has 6 nitrogen and oxygen atoms in total. The smallest absolute Gasteiger partial charge is 0.268 e. The maximum Gasteiger partial charge on any atom is 0.268 e. The van der Waals surface area contributed by atoms with E-state index in [1.54, 1.807) is 11.9 Å². The molecule has 204 valence electrons. The Kier molecular flexibility index (Phi) is 8.88.